The maximum Gasteiger partial charge on any atom is 0.278 e. The number of hydrogen-bond donors (Lipinski definition) is 1. The van der Waals surface area contributed by atoms with Gasteiger partial charge >= 0.3 is 0 Å². The number of hydrogen-bond acceptors (Lipinski definition) is 5. The second-order valence-corrected chi connectivity index (χ2v) is 6.08. The first-order valence-electron chi connectivity index (χ1n) is 8.57. The van der Waals surface area contributed by atoms with Crippen LogP contribution in [0.25, 0.3) is 16.6 Å². The molecular formula is C20H17N5O2. The zero-order chi connectivity index (χ0) is 18.6. The van der Waals surface area contributed by atoms with Crippen molar-refractivity contribution in [2.75, 3.05) is 11.9 Å². The van der Waals surface area contributed by atoms with Gasteiger partial charge in [0, 0.05) is 31.2 Å². The average Bonchev–Trinajstić information content (AvgIpc) is 3.23. The Morgan fingerprint density at radius 3 is 2.63 bits per heavy atom. The van der Waals surface area contributed by atoms with Crippen molar-refractivity contribution < 1.29 is 4.92 Å². The second kappa shape index (κ2) is 7.25. The van der Waals surface area contributed by atoms with Gasteiger partial charge in [-0.3, -0.25) is 15.1 Å². The van der Waals surface area contributed by atoms with E-state index in [4.69, 9.17) is 0 Å². The average molecular weight is 359 g/mol. The largest absolute Gasteiger partial charge is 0.383 e. The quantitative estimate of drug-likeness (QED) is 0.416. The SMILES string of the molecule is O=[N+]([O-])c1ccc(NCCc2ccc(-n3cccn3)cc2)c2ncccc12. The van der Waals surface area contributed by atoms with Crippen molar-refractivity contribution in [1.82, 2.24) is 14.8 Å². The molecule has 7 nitrogen and oxygen atoms in total. The summed E-state index contributed by atoms with van der Waals surface area (Å²) < 4.78 is 1.82. The lowest BCUT2D eigenvalue weighted by Gasteiger charge is -2.10. The number of nitro benzene ring substituents is 1. The molecule has 0 radical (unpaired) electrons. The number of fused-ring (bicyclic) bond motifs is 1. The summed E-state index contributed by atoms with van der Waals surface area (Å²) in [6, 6.07) is 16.8. The standard InChI is InChI=1S/C20H17N5O2/c26-25(27)19-9-8-18(20-17(19)3-1-11-22-20)21-13-10-15-4-6-16(7-5-15)24-14-2-12-23-24/h1-9,11-12,14,21H,10,13H2. The lowest BCUT2D eigenvalue weighted by molar-refractivity contribution is -0.383. The van der Waals surface area contributed by atoms with Gasteiger partial charge in [0.05, 0.1) is 21.7 Å². The Hall–Kier alpha value is -3.74. The van der Waals surface area contributed by atoms with Crippen LogP contribution in [0.5, 0.6) is 0 Å². The molecule has 0 amide bonds. The molecule has 0 aliphatic heterocycles. The van der Waals surface area contributed by atoms with E-state index in [1.54, 1.807) is 30.6 Å². The molecular weight excluding hydrogens is 342 g/mol. The van der Waals surface area contributed by atoms with Crippen LogP contribution in [0.15, 0.2) is 73.2 Å². The van der Waals surface area contributed by atoms with Gasteiger partial charge in [0.25, 0.3) is 5.69 Å². The molecule has 0 bridgehead atoms. The van der Waals surface area contributed by atoms with E-state index in [2.05, 4.69) is 27.5 Å². The highest BCUT2D eigenvalue weighted by atomic mass is 16.6. The fourth-order valence-electron chi connectivity index (χ4n) is 3.04. The molecule has 0 saturated carbocycles. The van der Waals surface area contributed by atoms with Crippen molar-refractivity contribution in [3.8, 4) is 5.69 Å². The molecule has 2 aromatic carbocycles. The minimum Gasteiger partial charge on any atom is -0.383 e. The van der Waals surface area contributed by atoms with Crippen LogP contribution >= 0.6 is 0 Å². The summed E-state index contributed by atoms with van der Waals surface area (Å²) in [5, 5.41) is 19.3. The predicted molar refractivity (Wildman–Crippen MR) is 104 cm³/mol. The highest BCUT2D eigenvalue weighted by Gasteiger charge is 2.14. The first kappa shape index (κ1) is 16.7. The molecule has 4 aromatic rings. The van der Waals surface area contributed by atoms with Gasteiger partial charge in [-0.25, -0.2) is 4.68 Å². The fourth-order valence-corrected chi connectivity index (χ4v) is 3.04. The van der Waals surface area contributed by atoms with Crippen molar-refractivity contribution in [3.05, 3.63) is 88.9 Å². The van der Waals surface area contributed by atoms with Gasteiger partial charge in [0.15, 0.2) is 0 Å². The summed E-state index contributed by atoms with van der Waals surface area (Å²) in [5.74, 6) is 0. The van der Waals surface area contributed by atoms with E-state index in [1.165, 1.54) is 11.6 Å². The maximum absolute atomic E-state index is 11.2. The zero-order valence-corrected chi connectivity index (χ0v) is 14.4. The van der Waals surface area contributed by atoms with Crippen molar-refractivity contribution in [1.29, 1.82) is 0 Å². The van der Waals surface area contributed by atoms with E-state index in [1.807, 2.05) is 29.1 Å². The summed E-state index contributed by atoms with van der Waals surface area (Å²) >= 11 is 0. The van der Waals surface area contributed by atoms with Crippen molar-refractivity contribution in [3.63, 3.8) is 0 Å². The van der Waals surface area contributed by atoms with Crippen LogP contribution in [-0.4, -0.2) is 26.2 Å². The van der Waals surface area contributed by atoms with Crippen LogP contribution in [0.4, 0.5) is 11.4 Å². The van der Waals surface area contributed by atoms with Gasteiger partial charge in [-0.15, -0.1) is 0 Å². The summed E-state index contributed by atoms with van der Waals surface area (Å²) in [6.07, 6.45) is 6.12. The summed E-state index contributed by atoms with van der Waals surface area (Å²) in [7, 11) is 0. The Morgan fingerprint density at radius 1 is 1.04 bits per heavy atom. The predicted octanol–water partition coefficient (Wildman–Crippen LogP) is 3.98. The molecule has 0 fully saturated rings. The van der Waals surface area contributed by atoms with Gasteiger partial charge in [-0.05, 0) is 48.4 Å². The monoisotopic (exact) mass is 359 g/mol. The lowest BCUT2D eigenvalue weighted by atomic mass is 10.1. The third-order valence-electron chi connectivity index (χ3n) is 4.38. The fraction of sp³-hybridized carbons (Fsp3) is 0.100. The molecule has 27 heavy (non-hydrogen) atoms. The Kier molecular flexibility index (Phi) is 4.49. The molecule has 2 aromatic heterocycles. The Bertz CT molecular complexity index is 1080. The number of non-ortho nitro benzene ring substituents is 1. The molecule has 1 N–H and O–H groups in total. The second-order valence-electron chi connectivity index (χ2n) is 6.08. The van der Waals surface area contributed by atoms with Gasteiger partial charge in [0.1, 0.15) is 5.52 Å². The van der Waals surface area contributed by atoms with E-state index in [0.29, 0.717) is 17.4 Å². The molecule has 2 heterocycles. The molecule has 134 valence electrons. The first-order chi connectivity index (χ1) is 13.2. The minimum absolute atomic E-state index is 0.0675. The third kappa shape index (κ3) is 3.48. The van der Waals surface area contributed by atoms with E-state index < -0.39 is 0 Å². The smallest absolute Gasteiger partial charge is 0.278 e. The zero-order valence-electron chi connectivity index (χ0n) is 14.4. The van der Waals surface area contributed by atoms with Crippen molar-refractivity contribution >= 4 is 22.3 Å². The normalized spacial score (nSPS) is 10.8. The van der Waals surface area contributed by atoms with Crippen molar-refractivity contribution in [2.24, 2.45) is 0 Å². The highest BCUT2D eigenvalue weighted by molar-refractivity contribution is 5.96. The lowest BCUT2D eigenvalue weighted by Crippen LogP contribution is -2.06. The molecule has 0 unspecified atom stereocenters. The number of pyridine rings is 1. The van der Waals surface area contributed by atoms with Crippen LogP contribution in [0.2, 0.25) is 0 Å². The van der Waals surface area contributed by atoms with Gasteiger partial charge in [-0.1, -0.05) is 12.1 Å². The van der Waals surface area contributed by atoms with Crippen LogP contribution < -0.4 is 5.32 Å². The molecule has 0 saturated heterocycles. The number of anilines is 1. The molecule has 4 rings (SSSR count). The Balaban J connectivity index is 1.46. The number of nitrogens with zero attached hydrogens (tertiary/aromatic N) is 4. The molecule has 0 atom stereocenters. The van der Waals surface area contributed by atoms with Crippen LogP contribution in [0.3, 0.4) is 0 Å². The van der Waals surface area contributed by atoms with Gasteiger partial charge < -0.3 is 5.32 Å². The molecule has 7 heteroatoms. The van der Waals surface area contributed by atoms with E-state index in [9.17, 15) is 10.1 Å². The minimum atomic E-state index is -0.380. The van der Waals surface area contributed by atoms with E-state index >= 15 is 0 Å². The summed E-state index contributed by atoms with van der Waals surface area (Å²) in [5.41, 5.74) is 3.68. The number of benzene rings is 2. The van der Waals surface area contributed by atoms with Crippen LogP contribution in [-0.2, 0) is 6.42 Å². The van der Waals surface area contributed by atoms with E-state index in [0.717, 1.165) is 17.8 Å². The molecule has 0 aliphatic rings. The summed E-state index contributed by atoms with van der Waals surface area (Å²) in [6.45, 7) is 0.699. The topological polar surface area (TPSA) is 85.9 Å². The highest BCUT2D eigenvalue weighted by Crippen LogP contribution is 2.29. The van der Waals surface area contributed by atoms with Gasteiger partial charge in [-0.2, -0.15) is 5.10 Å². The van der Waals surface area contributed by atoms with Crippen LogP contribution in [0.1, 0.15) is 5.56 Å². The maximum atomic E-state index is 11.2. The third-order valence-corrected chi connectivity index (χ3v) is 4.38. The number of aromatic nitrogens is 3. The van der Waals surface area contributed by atoms with Crippen molar-refractivity contribution in [2.45, 2.75) is 6.42 Å². The number of nitrogens with one attached hydrogen (secondary N) is 1. The van der Waals surface area contributed by atoms with E-state index in [-0.39, 0.29) is 10.6 Å². The molecule has 0 aliphatic carbocycles. The van der Waals surface area contributed by atoms with Gasteiger partial charge in [0.2, 0.25) is 0 Å². The number of rotatable bonds is 6. The Labute approximate surface area is 155 Å². The first-order valence-corrected chi connectivity index (χ1v) is 8.57. The summed E-state index contributed by atoms with van der Waals surface area (Å²) in [4.78, 5) is 15.1. The molecule has 0 spiro atoms. The number of nitro groups is 1. The Morgan fingerprint density at radius 2 is 1.89 bits per heavy atom. The van der Waals surface area contributed by atoms with Crippen LogP contribution in [0, 0.1) is 10.1 Å².